The van der Waals surface area contributed by atoms with E-state index in [-0.39, 0.29) is 36.8 Å². The van der Waals surface area contributed by atoms with Gasteiger partial charge in [0, 0.05) is 31.6 Å². The Morgan fingerprint density at radius 1 is 1.50 bits per heavy atom. The van der Waals surface area contributed by atoms with Gasteiger partial charge in [-0.15, -0.1) is 36.2 Å². The quantitative estimate of drug-likeness (QED) is 0.686. The van der Waals surface area contributed by atoms with E-state index in [4.69, 9.17) is 10.5 Å². The van der Waals surface area contributed by atoms with Crippen LogP contribution in [-0.4, -0.2) is 55.7 Å². The lowest BCUT2D eigenvalue weighted by Crippen LogP contribution is -2.35. The van der Waals surface area contributed by atoms with Crippen molar-refractivity contribution in [3.8, 4) is 0 Å². The third-order valence-corrected chi connectivity index (χ3v) is 3.62. The molecule has 0 bridgehead atoms. The van der Waals surface area contributed by atoms with Gasteiger partial charge in [0.25, 0.3) is 5.91 Å². The number of halogens is 2. The number of hydrogen-bond donors (Lipinski definition) is 2. The second-order valence-electron chi connectivity index (χ2n) is 4.71. The maximum Gasteiger partial charge on any atom is 0.270 e. The van der Waals surface area contributed by atoms with Gasteiger partial charge in [-0.25, -0.2) is 4.98 Å². The highest BCUT2D eigenvalue weighted by Crippen LogP contribution is 2.08. The first-order valence-electron chi connectivity index (χ1n) is 6.75. The molecule has 0 saturated carbocycles. The van der Waals surface area contributed by atoms with E-state index in [1.165, 1.54) is 11.3 Å². The second kappa shape index (κ2) is 13.0. The summed E-state index contributed by atoms with van der Waals surface area (Å²) in [5.41, 5.74) is 5.91. The summed E-state index contributed by atoms with van der Waals surface area (Å²) in [6.45, 7) is 4.38. The first-order chi connectivity index (χ1) is 9.56. The van der Waals surface area contributed by atoms with E-state index >= 15 is 0 Å². The molecule has 9 heteroatoms. The van der Waals surface area contributed by atoms with E-state index in [9.17, 15) is 4.79 Å². The molecule has 0 saturated heterocycles. The number of nitrogens with zero attached hydrogens (tertiary/aromatic N) is 2. The van der Waals surface area contributed by atoms with Crippen molar-refractivity contribution in [3.63, 3.8) is 0 Å². The maximum absolute atomic E-state index is 11.9. The van der Waals surface area contributed by atoms with Gasteiger partial charge in [-0.05, 0) is 27.4 Å². The molecule has 1 rings (SSSR count). The fraction of sp³-hybridized carbons (Fsp3) is 0.692. The monoisotopic (exact) mass is 372 g/mol. The smallest absolute Gasteiger partial charge is 0.270 e. The molecule has 0 aromatic carbocycles. The first kappa shape index (κ1) is 23.8. The summed E-state index contributed by atoms with van der Waals surface area (Å²) in [5, 5.41) is 5.36. The summed E-state index contributed by atoms with van der Waals surface area (Å²) in [6, 6.07) is 0. The molecule has 1 atom stereocenters. The fourth-order valence-electron chi connectivity index (χ4n) is 1.69. The number of carbonyl (C=O) groups is 1. The average Bonchev–Trinajstić information content (AvgIpc) is 2.90. The SMILES string of the molecule is CCOC(CCN(C)C)CNC(=O)c1csc(CN)n1.Cl.Cl. The number of ether oxygens (including phenoxy) is 1. The molecule has 1 heterocycles. The minimum atomic E-state index is -0.171. The third kappa shape index (κ3) is 8.87. The zero-order chi connectivity index (χ0) is 15.0. The van der Waals surface area contributed by atoms with Crippen LogP contribution in [0.3, 0.4) is 0 Å². The fourth-order valence-corrected chi connectivity index (χ4v) is 2.34. The number of hydrogen-bond acceptors (Lipinski definition) is 6. The molecule has 3 N–H and O–H groups in total. The molecule has 0 radical (unpaired) electrons. The number of aromatic nitrogens is 1. The van der Waals surface area contributed by atoms with Gasteiger partial charge in [0.1, 0.15) is 10.7 Å². The Hall–Kier alpha value is -0.440. The number of rotatable bonds is 9. The van der Waals surface area contributed by atoms with E-state index in [1.807, 2.05) is 21.0 Å². The molecule has 0 aliphatic rings. The van der Waals surface area contributed by atoms with Crippen LogP contribution < -0.4 is 11.1 Å². The van der Waals surface area contributed by atoms with Gasteiger partial charge in [-0.1, -0.05) is 0 Å². The lowest BCUT2D eigenvalue weighted by atomic mass is 10.2. The first-order valence-corrected chi connectivity index (χ1v) is 7.63. The zero-order valence-corrected chi connectivity index (χ0v) is 15.7. The van der Waals surface area contributed by atoms with Gasteiger partial charge in [0.15, 0.2) is 0 Å². The van der Waals surface area contributed by atoms with Crippen molar-refractivity contribution in [3.05, 3.63) is 16.1 Å². The van der Waals surface area contributed by atoms with Gasteiger partial charge in [0.05, 0.1) is 6.10 Å². The van der Waals surface area contributed by atoms with E-state index in [2.05, 4.69) is 15.2 Å². The largest absolute Gasteiger partial charge is 0.377 e. The Morgan fingerprint density at radius 3 is 2.68 bits per heavy atom. The Balaban J connectivity index is 0. The van der Waals surface area contributed by atoms with Gasteiger partial charge in [0.2, 0.25) is 0 Å². The maximum atomic E-state index is 11.9. The van der Waals surface area contributed by atoms with Crippen LogP contribution in [-0.2, 0) is 11.3 Å². The van der Waals surface area contributed by atoms with E-state index in [0.717, 1.165) is 18.0 Å². The van der Waals surface area contributed by atoms with E-state index in [0.29, 0.717) is 25.4 Å². The molecule has 130 valence electrons. The van der Waals surface area contributed by atoms with Crippen LogP contribution in [0.2, 0.25) is 0 Å². The van der Waals surface area contributed by atoms with E-state index < -0.39 is 0 Å². The number of nitrogens with two attached hydrogens (primary N) is 1. The molecule has 1 amide bonds. The van der Waals surface area contributed by atoms with Crippen molar-refractivity contribution in [2.45, 2.75) is 26.0 Å². The molecule has 0 fully saturated rings. The minimum absolute atomic E-state index is 0. The second-order valence-corrected chi connectivity index (χ2v) is 5.65. The summed E-state index contributed by atoms with van der Waals surface area (Å²) < 4.78 is 5.63. The Labute approximate surface area is 148 Å². The van der Waals surface area contributed by atoms with Crippen molar-refractivity contribution >= 4 is 42.1 Å². The summed E-state index contributed by atoms with van der Waals surface area (Å²) in [5.74, 6) is -0.171. The van der Waals surface area contributed by atoms with Gasteiger partial charge in [-0.2, -0.15) is 0 Å². The highest BCUT2D eigenvalue weighted by Gasteiger charge is 2.14. The number of thiazole rings is 1. The van der Waals surface area contributed by atoms with Crippen LogP contribution in [0.25, 0.3) is 0 Å². The van der Waals surface area contributed by atoms with Crippen LogP contribution in [0.1, 0.15) is 28.8 Å². The zero-order valence-electron chi connectivity index (χ0n) is 13.2. The van der Waals surface area contributed by atoms with Crippen molar-refractivity contribution in [1.29, 1.82) is 0 Å². The van der Waals surface area contributed by atoms with Gasteiger partial charge < -0.3 is 20.7 Å². The van der Waals surface area contributed by atoms with Crippen LogP contribution in [0.5, 0.6) is 0 Å². The molecule has 1 aromatic heterocycles. The highest BCUT2D eigenvalue weighted by atomic mass is 35.5. The molecular formula is C13H26Cl2N4O2S. The average molecular weight is 373 g/mol. The minimum Gasteiger partial charge on any atom is -0.377 e. The molecule has 1 aromatic rings. The standard InChI is InChI=1S/C13H24N4O2S.2ClH/c1-4-19-10(5-6-17(2)3)8-15-13(18)11-9-20-12(7-14)16-11;;/h9-10H,4-8,14H2,1-3H3,(H,15,18);2*1H. The van der Waals surface area contributed by atoms with Crippen LogP contribution >= 0.6 is 36.2 Å². The van der Waals surface area contributed by atoms with Gasteiger partial charge >= 0.3 is 0 Å². The topological polar surface area (TPSA) is 80.5 Å². The predicted octanol–water partition coefficient (Wildman–Crippen LogP) is 1.53. The lowest BCUT2D eigenvalue weighted by Gasteiger charge is -2.19. The Morgan fingerprint density at radius 2 is 2.18 bits per heavy atom. The highest BCUT2D eigenvalue weighted by molar-refractivity contribution is 7.09. The Bertz CT molecular complexity index is 418. The molecule has 6 nitrogen and oxygen atoms in total. The molecular weight excluding hydrogens is 347 g/mol. The van der Waals surface area contributed by atoms with Crippen molar-refractivity contribution in [2.24, 2.45) is 5.73 Å². The number of carbonyl (C=O) groups excluding carboxylic acids is 1. The number of nitrogens with one attached hydrogen (secondary N) is 1. The molecule has 0 aliphatic heterocycles. The summed E-state index contributed by atoms with van der Waals surface area (Å²) >= 11 is 1.40. The van der Waals surface area contributed by atoms with Crippen molar-refractivity contribution in [1.82, 2.24) is 15.2 Å². The lowest BCUT2D eigenvalue weighted by molar-refractivity contribution is 0.0495. The van der Waals surface area contributed by atoms with Crippen LogP contribution in [0, 0.1) is 0 Å². The Kier molecular flexibility index (Phi) is 14.1. The normalized spacial score (nSPS) is 11.5. The molecule has 22 heavy (non-hydrogen) atoms. The molecule has 0 spiro atoms. The number of amides is 1. The summed E-state index contributed by atoms with van der Waals surface area (Å²) in [6.07, 6.45) is 0.908. The summed E-state index contributed by atoms with van der Waals surface area (Å²) in [4.78, 5) is 18.2. The van der Waals surface area contributed by atoms with Crippen LogP contribution in [0.15, 0.2) is 5.38 Å². The van der Waals surface area contributed by atoms with Gasteiger partial charge in [-0.3, -0.25) is 4.79 Å². The van der Waals surface area contributed by atoms with Crippen molar-refractivity contribution < 1.29 is 9.53 Å². The molecule has 0 aliphatic carbocycles. The summed E-state index contributed by atoms with van der Waals surface area (Å²) in [7, 11) is 4.04. The van der Waals surface area contributed by atoms with Crippen molar-refractivity contribution in [2.75, 3.05) is 33.8 Å². The van der Waals surface area contributed by atoms with E-state index in [1.54, 1.807) is 5.38 Å². The van der Waals surface area contributed by atoms with Crippen LogP contribution in [0.4, 0.5) is 0 Å². The predicted molar refractivity (Wildman–Crippen MR) is 95.4 cm³/mol. The molecule has 1 unspecified atom stereocenters. The third-order valence-electron chi connectivity index (χ3n) is 2.75.